The number of carbonyl (C=O) groups excluding carboxylic acids is 1. The van der Waals surface area contributed by atoms with Crippen molar-refractivity contribution in [3.63, 3.8) is 0 Å². The smallest absolute Gasteiger partial charge is 0.305 e. The van der Waals surface area contributed by atoms with E-state index in [1.165, 1.54) is 19.3 Å². The van der Waals surface area contributed by atoms with Gasteiger partial charge in [-0.25, -0.2) is 0 Å². The summed E-state index contributed by atoms with van der Waals surface area (Å²) in [4.78, 5) is 10.8. The molecule has 0 aliphatic carbocycles. The van der Waals surface area contributed by atoms with E-state index in [0.29, 0.717) is 11.7 Å². The van der Waals surface area contributed by atoms with E-state index < -0.39 is 0 Å². The molecular formula is C9H16O2S. The van der Waals surface area contributed by atoms with Gasteiger partial charge < -0.3 is 4.74 Å². The van der Waals surface area contributed by atoms with Crippen molar-refractivity contribution in [2.24, 2.45) is 5.92 Å². The SMILES string of the molecule is COC(=O)CCC1CC(C)CS1. The Morgan fingerprint density at radius 2 is 2.42 bits per heavy atom. The molecule has 1 aliphatic rings. The molecule has 1 aliphatic heterocycles. The number of carbonyl (C=O) groups is 1. The van der Waals surface area contributed by atoms with Gasteiger partial charge in [0, 0.05) is 11.7 Å². The van der Waals surface area contributed by atoms with E-state index >= 15 is 0 Å². The zero-order chi connectivity index (χ0) is 8.97. The number of hydrogen-bond donors (Lipinski definition) is 0. The molecule has 1 fully saturated rings. The highest BCUT2D eigenvalue weighted by molar-refractivity contribution is 8.00. The second kappa shape index (κ2) is 4.75. The van der Waals surface area contributed by atoms with E-state index in [0.717, 1.165) is 12.3 Å². The molecule has 0 aromatic carbocycles. The molecule has 2 nitrogen and oxygen atoms in total. The second-order valence-electron chi connectivity index (χ2n) is 3.41. The molecule has 0 aromatic heterocycles. The number of methoxy groups -OCH3 is 1. The van der Waals surface area contributed by atoms with Crippen LogP contribution < -0.4 is 0 Å². The van der Waals surface area contributed by atoms with Crippen LogP contribution in [0.5, 0.6) is 0 Å². The third-order valence-corrected chi connectivity index (χ3v) is 3.84. The summed E-state index contributed by atoms with van der Waals surface area (Å²) in [5.74, 6) is 2.01. The van der Waals surface area contributed by atoms with Crippen molar-refractivity contribution in [2.75, 3.05) is 12.9 Å². The van der Waals surface area contributed by atoms with Crippen LogP contribution >= 0.6 is 11.8 Å². The fourth-order valence-electron chi connectivity index (χ4n) is 1.47. The van der Waals surface area contributed by atoms with Crippen LogP contribution in [0.15, 0.2) is 0 Å². The number of esters is 1. The second-order valence-corrected chi connectivity index (χ2v) is 4.74. The molecule has 2 unspecified atom stereocenters. The first kappa shape index (κ1) is 9.90. The van der Waals surface area contributed by atoms with Crippen LogP contribution in [0, 0.1) is 5.92 Å². The number of thioether (sulfide) groups is 1. The van der Waals surface area contributed by atoms with Gasteiger partial charge in [-0.05, 0) is 24.5 Å². The van der Waals surface area contributed by atoms with Gasteiger partial charge in [0.25, 0.3) is 0 Å². The van der Waals surface area contributed by atoms with Gasteiger partial charge in [0.15, 0.2) is 0 Å². The standard InChI is InChI=1S/C9H16O2S/c1-7-5-8(12-6-7)3-4-9(10)11-2/h7-8H,3-6H2,1-2H3. The Hall–Kier alpha value is -0.180. The molecular weight excluding hydrogens is 172 g/mol. The van der Waals surface area contributed by atoms with Crippen molar-refractivity contribution in [2.45, 2.75) is 31.4 Å². The summed E-state index contributed by atoms with van der Waals surface area (Å²) in [6.07, 6.45) is 2.84. The zero-order valence-corrected chi connectivity index (χ0v) is 8.52. The topological polar surface area (TPSA) is 26.3 Å². The van der Waals surface area contributed by atoms with Gasteiger partial charge >= 0.3 is 5.97 Å². The maximum Gasteiger partial charge on any atom is 0.305 e. The largest absolute Gasteiger partial charge is 0.469 e. The predicted octanol–water partition coefficient (Wildman–Crippen LogP) is 2.08. The summed E-state index contributed by atoms with van der Waals surface area (Å²) in [5.41, 5.74) is 0. The van der Waals surface area contributed by atoms with Crippen LogP contribution in [0.1, 0.15) is 26.2 Å². The lowest BCUT2D eigenvalue weighted by Gasteiger charge is -2.06. The van der Waals surface area contributed by atoms with Gasteiger partial charge in [0.1, 0.15) is 0 Å². The highest BCUT2D eigenvalue weighted by atomic mass is 32.2. The lowest BCUT2D eigenvalue weighted by atomic mass is 10.1. The highest BCUT2D eigenvalue weighted by Crippen LogP contribution is 2.33. The molecule has 0 saturated carbocycles. The quantitative estimate of drug-likeness (QED) is 0.634. The Bertz CT molecular complexity index is 159. The van der Waals surface area contributed by atoms with Gasteiger partial charge in [-0.2, -0.15) is 11.8 Å². The number of ether oxygens (including phenoxy) is 1. The van der Waals surface area contributed by atoms with Gasteiger partial charge in [-0.1, -0.05) is 6.92 Å². The molecule has 12 heavy (non-hydrogen) atoms. The summed E-state index contributed by atoms with van der Waals surface area (Å²) in [6, 6.07) is 0. The summed E-state index contributed by atoms with van der Waals surface area (Å²) in [6.45, 7) is 2.27. The van der Waals surface area contributed by atoms with Gasteiger partial charge in [0.2, 0.25) is 0 Å². The first-order valence-corrected chi connectivity index (χ1v) is 5.45. The molecule has 1 saturated heterocycles. The fraction of sp³-hybridized carbons (Fsp3) is 0.889. The average molecular weight is 188 g/mol. The monoisotopic (exact) mass is 188 g/mol. The lowest BCUT2D eigenvalue weighted by Crippen LogP contribution is -2.05. The summed E-state index contributed by atoms with van der Waals surface area (Å²) >= 11 is 2.00. The molecule has 0 radical (unpaired) electrons. The first-order chi connectivity index (χ1) is 5.72. The minimum absolute atomic E-state index is 0.0739. The molecule has 2 atom stereocenters. The Kier molecular flexibility index (Phi) is 3.92. The third kappa shape index (κ3) is 3.05. The van der Waals surface area contributed by atoms with E-state index in [2.05, 4.69) is 11.7 Å². The van der Waals surface area contributed by atoms with E-state index in [1.54, 1.807) is 0 Å². The minimum atomic E-state index is -0.0739. The molecule has 3 heteroatoms. The molecule has 0 aromatic rings. The summed E-state index contributed by atoms with van der Waals surface area (Å²) in [5, 5.41) is 0.694. The predicted molar refractivity (Wildman–Crippen MR) is 51.3 cm³/mol. The van der Waals surface area contributed by atoms with Crippen molar-refractivity contribution in [1.29, 1.82) is 0 Å². The highest BCUT2D eigenvalue weighted by Gasteiger charge is 2.22. The maximum atomic E-state index is 10.8. The molecule has 0 N–H and O–H groups in total. The van der Waals surface area contributed by atoms with Crippen molar-refractivity contribution in [3.05, 3.63) is 0 Å². The van der Waals surface area contributed by atoms with Gasteiger partial charge in [-0.3, -0.25) is 4.79 Å². The maximum absolute atomic E-state index is 10.8. The summed E-state index contributed by atoms with van der Waals surface area (Å²) in [7, 11) is 1.45. The van der Waals surface area contributed by atoms with E-state index in [9.17, 15) is 4.79 Å². The average Bonchev–Trinajstić information content (AvgIpc) is 2.47. The first-order valence-electron chi connectivity index (χ1n) is 4.40. The zero-order valence-electron chi connectivity index (χ0n) is 7.71. The van der Waals surface area contributed by atoms with E-state index in [-0.39, 0.29) is 5.97 Å². The Morgan fingerprint density at radius 3 is 2.92 bits per heavy atom. The van der Waals surface area contributed by atoms with E-state index in [4.69, 9.17) is 0 Å². The van der Waals surface area contributed by atoms with Crippen LogP contribution in [0.2, 0.25) is 0 Å². The van der Waals surface area contributed by atoms with Crippen LogP contribution in [0.3, 0.4) is 0 Å². The molecule has 0 bridgehead atoms. The third-order valence-electron chi connectivity index (χ3n) is 2.18. The molecule has 0 spiro atoms. The van der Waals surface area contributed by atoms with Crippen molar-refractivity contribution in [3.8, 4) is 0 Å². The Labute approximate surface area is 78.1 Å². The lowest BCUT2D eigenvalue weighted by molar-refractivity contribution is -0.140. The molecule has 1 rings (SSSR count). The number of hydrogen-bond acceptors (Lipinski definition) is 3. The van der Waals surface area contributed by atoms with Crippen LogP contribution in [-0.2, 0) is 9.53 Å². The summed E-state index contributed by atoms with van der Waals surface area (Å²) < 4.78 is 4.59. The number of rotatable bonds is 3. The van der Waals surface area contributed by atoms with Crippen LogP contribution in [0.25, 0.3) is 0 Å². The van der Waals surface area contributed by atoms with Crippen LogP contribution in [0.4, 0.5) is 0 Å². The molecule has 70 valence electrons. The van der Waals surface area contributed by atoms with Crippen molar-refractivity contribution in [1.82, 2.24) is 0 Å². The van der Waals surface area contributed by atoms with Crippen molar-refractivity contribution >= 4 is 17.7 Å². The van der Waals surface area contributed by atoms with Crippen molar-refractivity contribution < 1.29 is 9.53 Å². The van der Waals surface area contributed by atoms with E-state index in [1.807, 2.05) is 11.8 Å². The normalized spacial score (nSPS) is 28.8. The Morgan fingerprint density at radius 1 is 1.67 bits per heavy atom. The molecule has 1 heterocycles. The van der Waals surface area contributed by atoms with Gasteiger partial charge in [-0.15, -0.1) is 0 Å². The fourth-order valence-corrected chi connectivity index (χ4v) is 2.95. The Balaban J connectivity index is 2.11. The molecule has 0 amide bonds. The van der Waals surface area contributed by atoms with Crippen LogP contribution in [-0.4, -0.2) is 24.1 Å². The minimum Gasteiger partial charge on any atom is -0.469 e. The van der Waals surface area contributed by atoms with Gasteiger partial charge in [0.05, 0.1) is 7.11 Å².